The fraction of sp³-hybridized carbons (Fsp3) is 0.429. The molecule has 0 N–H and O–H groups in total. The number of halogens is 2. The lowest BCUT2D eigenvalue weighted by atomic mass is 10.1. The minimum Gasteiger partial charge on any atom is -0.472 e. The molecule has 10 nitrogen and oxygen atoms in total. The number of imidazole rings is 1. The van der Waals surface area contributed by atoms with Gasteiger partial charge in [-0.25, -0.2) is 19.2 Å². The second-order valence-corrected chi connectivity index (χ2v) is 10.6. The van der Waals surface area contributed by atoms with Crippen molar-refractivity contribution in [2.75, 3.05) is 26.8 Å². The van der Waals surface area contributed by atoms with E-state index in [1.54, 1.807) is 24.3 Å². The third-order valence-corrected chi connectivity index (χ3v) is 7.75. The number of hydrogen-bond acceptors (Lipinski definition) is 8. The number of fused-ring (bicyclic) bond motifs is 1. The monoisotopic (exact) mass is 568 g/mol. The normalized spacial score (nSPS) is 18.1. The van der Waals surface area contributed by atoms with Gasteiger partial charge < -0.3 is 18.8 Å². The van der Waals surface area contributed by atoms with E-state index in [4.69, 9.17) is 30.8 Å². The number of carbonyl (C=O) groups is 1. The predicted octanol–water partition coefficient (Wildman–Crippen LogP) is 4.41. The van der Waals surface area contributed by atoms with Gasteiger partial charge in [-0.05, 0) is 43.5 Å². The molecule has 2 aliphatic rings. The van der Waals surface area contributed by atoms with Crippen LogP contribution in [-0.4, -0.2) is 68.1 Å². The summed E-state index contributed by atoms with van der Waals surface area (Å²) in [5, 5.41) is 4.93. The number of piperidine rings is 1. The number of esters is 1. The second-order valence-electron chi connectivity index (χ2n) is 10.1. The summed E-state index contributed by atoms with van der Waals surface area (Å²) >= 11 is 5.83. The van der Waals surface area contributed by atoms with Crippen molar-refractivity contribution in [2.45, 2.75) is 51.1 Å². The maximum Gasteiger partial charge on any atom is 0.356 e. The lowest BCUT2D eigenvalue weighted by Gasteiger charge is -2.32. The average Bonchev–Trinajstić information content (AvgIpc) is 3.54. The van der Waals surface area contributed by atoms with Crippen LogP contribution in [0.3, 0.4) is 0 Å². The molecule has 0 radical (unpaired) electrons. The summed E-state index contributed by atoms with van der Waals surface area (Å²) < 4.78 is 34.3. The number of pyridine rings is 1. The Bertz CT molecular complexity index is 1510. The minimum absolute atomic E-state index is 0.0847. The van der Waals surface area contributed by atoms with Gasteiger partial charge in [-0.15, -0.1) is 5.10 Å². The fourth-order valence-corrected chi connectivity index (χ4v) is 5.30. The first-order valence-electron chi connectivity index (χ1n) is 13.4. The molecule has 1 atom stereocenters. The maximum atomic E-state index is 14.0. The first-order valence-corrected chi connectivity index (χ1v) is 13.7. The highest BCUT2D eigenvalue weighted by molar-refractivity contribution is 6.30. The van der Waals surface area contributed by atoms with E-state index < -0.39 is 11.8 Å². The minimum atomic E-state index is -0.470. The molecule has 4 aromatic rings. The van der Waals surface area contributed by atoms with Crippen molar-refractivity contribution in [3.63, 3.8) is 0 Å². The van der Waals surface area contributed by atoms with Crippen LogP contribution < -0.4 is 4.74 Å². The first kappa shape index (κ1) is 26.7. The molecule has 0 bridgehead atoms. The van der Waals surface area contributed by atoms with Gasteiger partial charge in [-0.3, -0.25) is 9.58 Å². The molecule has 5 heterocycles. The summed E-state index contributed by atoms with van der Waals surface area (Å²) in [4.78, 5) is 23.9. The molecule has 0 unspecified atom stereocenters. The molecule has 40 heavy (non-hydrogen) atoms. The zero-order valence-corrected chi connectivity index (χ0v) is 22.9. The maximum absolute atomic E-state index is 14.0. The molecule has 2 aliphatic heterocycles. The van der Waals surface area contributed by atoms with Gasteiger partial charge in [0.15, 0.2) is 11.3 Å². The van der Waals surface area contributed by atoms with Crippen molar-refractivity contribution in [2.24, 2.45) is 0 Å². The van der Waals surface area contributed by atoms with E-state index in [1.807, 2.05) is 16.9 Å². The molecule has 0 aliphatic carbocycles. The lowest BCUT2D eigenvalue weighted by molar-refractivity contribution is -0.0593. The van der Waals surface area contributed by atoms with E-state index in [0.29, 0.717) is 35.2 Å². The second kappa shape index (κ2) is 11.5. The summed E-state index contributed by atoms with van der Waals surface area (Å²) in [5.74, 6) is 0.500. The molecule has 2 fully saturated rings. The van der Waals surface area contributed by atoms with Gasteiger partial charge in [-0.1, -0.05) is 17.7 Å². The van der Waals surface area contributed by atoms with E-state index in [-0.39, 0.29) is 24.4 Å². The molecule has 6 rings (SSSR count). The van der Waals surface area contributed by atoms with Crippen molar-refractivity contribution < 1.29 is 23.4 Å². The van der Waals surface area contributed by atoms with Gasteiger partial charge in [0.2, 0.25) is 5.88 Å². The summed E-state index contributed by atoms with van der Waals surface area (Å²) in [6.07, 6.45) is 4.87. The number of methoxy groups -OCH3 is 1. The standard InChI is InChI=1S/C28H30ClFN6O4/c1-38-28(37)24-5-4-23-27(32-24)35(15-21-9-13-39-21)25(31-23)16-34-10-6-20(7-11-34)36-12-8-26(33-36)40-17-18-2-3-19(29)14-22(18)30/h2-5,8,12,14,20-21H,6-7,9-11,13,15-17H2,1H3/t21-/m0/s1. The number of hydrogen-bond donors (Lipinski definition) is 0. The molecule has 0 spiro atoms. The molecular formula is C28H30ClFN6O4. The van der Waals surface area contributed by atoms with Gasteiger partial charge in [0.1, 0.15) is 23.8 Å². The Morgan fingerprint density at radius 3 is 2.70 bits per heavy atom. The molecule has 0 saturated carbocycles. The number of carbonyl (C=O) groups excluding carboxylic acids is 1. The largest absolute Gasteiger partial charge is 0.472 e. The van der Waals surface area contributed by atoms with Crippen LogP contribution in [0.4, 0.5) is 4.39 Å². The average molecular weight is 569 g/mol. The number of benzene rings is 1. The summed E-state index contributed by atoms with van der Waals surface area (Å²) in [6, 6.07) is 10.1. The van der Waals surface area contributed by atoms with Gasteiger partial charge >= 0.3 is 5.97 Å². The van der Waals surface area contributed by atoms with E-state index in [1.165, 1.54) is 13.2 Å². The molecule has 12 heteroatoms. The van der Waals surface area contributed by atoms with Crippen LogP contribution in [0.15, 0.2) is 42.6 Å². The molecular weight excluding hydrogens is 539 g/mol. The van der Waals surface area contributed by atoms with Gasteiger partial charge in [0, 0.05) is 42.5 Å². The lowest BCUT2D eigenvalue weighted by Crippen LogP contribution is -2.36. The molecule has 210 valence electrons. The van der Waals surface area contributed by atoms with Crippen LogP contribution in [0.5, 0.6) is 5.88 Å². The van der Waals surface area contributed by atoms with Crippen LogP contribution in [0, 0.1) is 5.82 Å². The molecule has 3 aromatic heterocycles. The zero-order valence-electron chi connectivity index (χ0n) is 22.1. The Labute approximate surface area is 235 Å². The summed E-state index contributed by atoms with van der Waals surface area (Å²) in [6.45, 7) is 3.92. The molecule has 0 amide bonds. The van der Waals surface area contributed by atoms with Crippen molar-refractivity contribution in [3.05, 3.63) is 70.5 Å². The Kier molecular flexibility index (Phi) is 7.68. The van der Waals surface area contributed by atoms with E-state index in [9.17, 15) is 9.18 Å². The van der Waals surface area contributed by atoms with Crippen molar-refractivity contribution in [1.82, 2.24) is 29.2 Å². The Balaban J connectivity index is 1.09. The van der Waals surface area contributed by atoms with Crippen LogP contribution in [0.1, 0.15) is 47.2 Å². The van der Waals surface area contributed by atoms with Crippen LogP contribution in [-0.2, 0) is 29.2 Å². The van der Waals surface area contributed by atoms with Crippen molar-refractivity contribution in [3.8, 4) is 5.88 Å². The highest BCUT2D eigenvalue weighted by atomic mass is 35.5. The number of aromatic nitrogens is 5. The number of likely N-dealkylation sites (tertiary alicyclic amines) is 1. The van der Waals surface area contributed by atoms with Crippen LogP contribution in [0.2, 0.25) is 5.02 Å². The Hall–Kier alpha value is -3.54. The van der Waals surface area contributed by atoms with E-state index in [2.05, 4.69) is 19.5 Å². The number of rotatable bonds is 9. The van der Waals surface area contributed by atoms with E-state index >= 15 is 0 Å². The van der Waals surface area contributed by atoms with Gasteiger partial charge in [-0.2, -0.15) is 0 Å². The topological polar surface area (TPSA) is 96.5 Å². The quantitative estimate of drug-likeness (QED) is 0.274. The number of nitrogens with zero attached hydrogens (tertiary/aromatic N) is 6. The van der Waals surface area contributed by atoms with Crippen molar-refractivity contribution >= 4 is 28.7 Å². The molecule has 1 aromatic carbocycles. The highest BCUT2D eigenvalue weighted by Crippen LogP contribution is 2.27. The van der Waals surface area contributed by atoms with Crippen molar-refractivity contribution in [1.29, 1.82) is 0 Å². The van der Waals surface area contributed by atoms with Gasteiger partial charge in [0.05, 0.1) is 32.3 Å². The summed E-state index contributed by atoms with van der Waals surface area (Å²) in [7, 11) is 1.35. The summed E-state index contributed by atoms with van der Waals surface area (Å²) in [5.41, 5.74) is 2.11. The number of ether oxygens (including phenoxy) is 3. The highest BCUT2D eigenvalue weighted by Gasteiger charge is 2.26. The van der Waals surface area contributed by atoms with Crippen LogP contribution >= 0.6 is 11.6 Å². The Morgan fingerprint density at radius 1 is 1.15 bits per heavy atom. The smallest absolute Gasteiger partial charge is 0.356 e. The van der Waals surface area contributed by atoms with E-state index in [0.717, 1.165) is 50.3 Å². The fourth-order valence-electron chi connectivity index (χ4n) is 5.14. The predicted molar refractivity (Wildman–Crippen MR) is 145 cm³/mol. The Morgan fingerprint density at radius 2 is 1.98 bits per heavy atom. The van der Waals surface area contributed by atoms with Crippen LogP contribution in [0.25, 0.3) is 11.2 Å². The van der Waals surface area contributed by atoms with Gasteiger partial charge in [0.25, 0.3) is 0 Å². The third-order valence-electron chi connectivity index (χ3n) is 7.52. The zero-order chi connectivity index (χ0) is 27.6. The first-order chi connectivity index (χ1) is 19.5. The SMILES string of the molecule is COC(=O)c1ccc2nc(CN3CCC(n4ccc(OCc5ccc(Cl)cc5F)n4)CC3)n(C[C@@H]3CCO3)c2n1. The molecule has 2 saturated heterocycles. The third kappa shape index (κ3) is 5.67.